The predicted molar refractivity (Wildman–Crippen MR) is 111 cm³/mol. The van der Waals surface area contributed by atoms with E-state index >= 15 is 0 Å². The van der Waals surface area contributed by atoms with Crippen molar-refractivity contribution in [1.29, 1.82) is 0 Å². The van der Waals surface area contributed by atoms with Crippen LogP contribution in [0.25, 0.3) is 16.6 Å². The van der Waals surface area contributed by atoms with Gasteiger partial charge in [-0.25, -0.2) is 9.37 Å². The third kappa shape index (κ3) is 4.09. The highest BCUT2D eigenvalue weighted by Crippen LogP contribution is 2.26. The molecule has 1 unspecified atom stereocenters. The fraction of sp³-hybridized carbons (Fsp3) is 0.286. The van der Waals surface area contributed by atoms with Crippen LogP contribution in [0.15, 0.2) is 52.4 Å². The van der Waals surface area contributed by atoms with Crippen LogP contribution >= 0.6 is 11.8 Å². The van der Waals surface area contributed by atoms with Crippen molar-refractivity contribution in [1.82, 2.24) is 14.9 Å². The first-order valence-corrected chi connectivity index (χ1v) is 9.91. The summed E-state index contributed by atoms with van der Waals surface area (Å²) in [6.07, 6.45) is 0. The lowest BCUT2D eigenvalue weighted by Crippen LogP contribution is -2.36. The fourth-order valence-corrected chi connectivity index (χ4v) is 3.69. The Bertz CT molecular complexity index is 1090. The van der Waals surface area contributed by atoms with Crippen LogP contribution in [0.1, 0.15) is 26.3 Å². The van der Waals surface area contributed by atoms with Crippen LogP contribution in [0.3, 0.4) is 0 Å². The Hall–Kier alpha value is -2.67. The summed E-state index contributed by atoms with van der Waals surface area (Å²) in [7, 11) is 0. The zero-order valence-corrected chi connectivity index (χ0v) is 17.0. The zero-order chi connectivity index (χ0) is 20.4. The van der Waals surface area contributed by atoms with E-state index in [9.17, 15) is 14.0 Å². The summed E-state index contributed by atoms with van der Waals surface area (Å²) >= 11 is 1.17. The summed E-state index contributed by atoms with van der Waals surface area (Å²) in [6, 6.07) is 11.6. The lowest BCUT2D eigenvalue weighted by molar-refractivity contribution is -0.120. The van der Waals surface area contributed by atoms with Gasteiger partial charge in [0, 0.05) is 6.04 Å². The normalized spacial score (nSPS) is 12.4. The number of benzene rings is 2. The molecule has 0 aliphatic rings. The number of hydrogen-bond acceptors (Lipinski definition) is 4. The highest BCUT2D eigenvalue weighted by atomic mass is 32.2. The molecular weight excluding hydrogens is 377 g/mol. The van der Waals surface area contributed by atoms with E-state index in [-0.39, 0.29) is 17.5 Å². The number of nitrogens with one attached hydrogen (secondary N) is 1. The molecule has 0 aliphatic heterocycles. The number of halogens is 1. The van der Waals surface area contributed by atoms with Crippen molar-refractivity contribution in [3.8, 4) is 5.69 Å². The molecule has 0 bridgehead atoms. The van der Waals surface area contributed by atoms with E-state index in [0.29, 0.717) is 27.3 Å². The van der Waals surface area contributed by atoms with E-state index in [2.05, 4.69) is 10.3 Å². The number of fused-ring (bicyclic) bond motifs is 1. The molecule has 1 amide bonds. The second-order valence-electron chi connectivity index (χ2n) is 6.91. The second-order valence-corrected chi connectivity index (χ2v) is 8.22. The maximum atomic E-state index is 14.2. The largest absolute Gasteiger partial charge is 0.353 e. The molecule has 146 valence electrons. The van der Waals surface area contributed by atoms with E-state index in [1.165, 1.54) is 22.4 Å². The van der Waals surface area contributed by atoms with Gasteiger partial charge in [0.15, 0.2) is 5.16 Å². The molecule has 1 N–H and O–H groups in total. The highest BCUT2D eigenvalue weighted by Gasteiger charge is 2.21. The highest BCUT2D eigenvalue weighted by molar-refractivity contribution is 8.00. The molecule has 1 heterocycles. The third-order valence-electron chi connectivity index (χ3n) is 4.24. The van der Waals surface area contributed by atoms with Crippen LogP contribution in [0.2, 0.25) is 0 Å². The molecule has 0 spiro atoms. The molecule has 0 saturated carbocycles. The Kier molecular flexibility index (Phi) is 5.84. The minimum Gasteiger partial charge on any atom is -0.353 e. The van der Waals surface area contributed by atoms with Gasteiger partial charge in [-0.3, -0.25) is 14.2 Å². The number of thioether (sulfide) groups is 1. The summed E-state index contributed by atoms with van der Waals surface area (Å²) in [6.45, 7) is 7.18. The van der Waals surface area contributed by atoms with Gasteiger partial charge in [0.2, 0.25) is 5.91 Å². The van der Waals surface area contributed by atoms with Gasteiger partial charge in [-0.15, -0.1) is 0 Å². The molecule has 1 atom stereocenters. The number of amides is 1. The van der Waals surface area contributed by atoms with E-state index < -0.39 is 11.1 Å². The van der Waals surface area contributed by atoms with Crippen molar-refractivity contribution in [3.05, 3.63) is 64.2 Å². The van der Waals surface area contributed by atoms with Crippen molar-refractivity contribution in [2.75, 3.05) is 0 Å². The number of rotatable bonds is 5. The SMILES string of the molecule is Cc1ccc(-n2c(SC(C)C(=O)NC(C)C)nc3ccccc3c2=O)cc1F. The van der Waals surface area contributed by atoms with Crippen LogP contribution in [-0.2, 0) is 4.79 Å². The van der Waals surface area contributed by atoms with Crippen molar-refractivity contribution in [3.63, 3.8) is 0 Å². The van der Waals surface area contributed by atoms with Gasteiger partial charge in [0.05, 0.1) is 21.8 Å². The van der Waals surface area contributed by atoms with Crippen LogP contribution < -0.4 is 10.9 Å². The topological polar surface area (TPSA) is 64.0 Å². The van der Waals surface area contributed by atoms with Gasteiger partial charge < -0.3 is 5.32 Å². The van der Waals surface area contributed by atoms with Gasteiger partial charge in [-0.2, -0.15) is 0 Å². The Morgan fingerprint density at radius 1 is 1.18 bits per heavy atom. The molecule has 1 aromatic heterocycles. The molecule has 0 radical (unpaired) electrons. The average Bonchev–Trinajstić information content (AvgIpc) is 2.64. The first-order chi connectivity index (χ1) is 13.3. The molecule has 0 saturated heterocycles. The number of carbonyl (C=O) groups excluding carboxylic acids is 1. The fourth-order valence-electron chi connectivity index (χ4n) is 2.75. The summed E-state index contributed by atoms with van der Waals surface area (Å²) in [5.74, 6) is -0.553. The van der Waals surface area contributed by atoms with Gasteiger partial charge >= 0.3 is 0 Å². The molecule has 28 heavy (non-hydrogen) atoms. The van der Waals surface area contributed by atoms with E-state index in [4.69, 9.17) is 0 Å². The summed E-state index contributed by atoms with van der Waals surface area (Å²) < 4.78 is 15.5. The monoisotopic (exact) mass is 399 g/mol. The predicted octanol–water partition coefficient (Wildman–Crippen LogP) is 3.84. The van der Waals surface area contributed by atoms with Gasteiger partial charge in [-0.1, -0.05) is 30.0 Å². The van der Waals surface area contributed by atoms with Gasteiger partial charge in [0.1, 0.15) is 5.82 Å². The minimum atomic E-state index is -0.475. The zero-order valence-electron chi connectivity index (χ0n) is 16.2. The minimum absolute atomic E-state index is 0.00787. The quantitative estimate of drug-likeness (QED) is 0.523. The molecule has 3 aromatic rings. The van der Waals surface area contributed by atoms with Gasteiger partial charge in [-0.05, 0) is 57.5 Å². The second kappa shape index (κ2) is 8.14. The smallest absolute Gasteiger partial charge is 0.266 e. The Balaban J connectivity index is 2.15. The first-order valence-electron chi connectivity index (χ1n) is 9.03. The molecule has 0 fully saturated rings. The van der Waals surface area contributed by atoms with Crippen molar-refractivity contribution in [2.24, 2.45) is 0 Å². The van der Waals surface area contributed by atoms with Crippen LogP contribution in [0.4, 0.5) is 4.39 Å². The lowest BCUT2D eigenvalue weighted by atomic mass is 10.2. The number of para-hydroxylation sites is 1. The number of hydrogen-bond donors (Lipinski definition) is 1. The maximum Gasteiger partial charge on any atom is 0.266 e. The van der Waals surface area contributed by atoms with Crippen LogP contribution in [0.5, 0.6) is 0 Å². The Morgan fingerprint density at radius 2 is 1.89 bits per heavy atom. The summed E-state index contributed by atoms with van der Waals surface area (Å²) in [4.78, 5) is 30.1. The molecule has 2 aromatic carbocycles. The number of aryl methyl sites for hydroxylation is 1. The van der Waals surface area contributed by atoms with Crippen molar-refractivity contribution < 1.29 is 9.18 Å². The average molecular weight is 399 g/mol. The van der Waals surface area contributed by atoms with Gasteiger partial charge in [0.25, 0.3) is 5.56 Å². The molecule has 5 nitrogen and oxygen atoms in total. The third-order valence-corrected chi connectivity index (χ3v) is 5.29. The number of carbonyl (C=O) groups is 1. The van der Waals surface area contributed by atoms with E-state index in [1.807, 2.05) is 13.8 Å². The Morgan fingerprint density at radius 3 is 2.57 bits per heavy atom. The summed E-state index contributed by atoms with van der Waals surface area (Å²) in [5.41, 5.74) is 1.11. The van der Waals surface area contributed by atoms with Crippen LogP contribution in [0, 0.1) is 12.7 Å². The molecule has 7 heteroatoms. The standard InChI is InChI=1S/C21H22FN3O2S/c1-12(2)23-19(26)14(4)28-21-24-18-8-6-5-7-16(18)20(27)25(21)15-10-9-13(3)17(22)11-15/h5-12,14H,1-4H3,(H,23,26). The first kappa shape index (κ1) is 20.1. The number of aromatic nitrogens is 2. The molecule has 3 rings (SSSR count). The lowest BCUT2D eigenvalue weighted by Gasteiger charge is -2.17. The van der Waals surface area contributed by atoms with Crippen LogP contribution in [-0.4, -0.2) is 26.8 Å². The molecular formula is C21H22FN3O2S. The van der Waals surface area contributed by atoms with Crippen molar-refractivity contribution >= 4 is 28.6 Å². The molecule has 0 aliphatic carbocycles. The Labute approximate surface area is 167 Å². The van der Waals surface area contributed by atoms with E-state index in [1.54, 1.807) is 50.2 Å². The van der Waals surface area contributed by atoms with Crippen molar-refractivity contribution in [2.45, 2.75) is 44.1 Å². The number of nitrogens with zero attached hydrogens (tertiary/aromatic N) is 2. The summed E-state index contributed by atoms with van der Waals surface area (Å²) in [5, 5.41) is 3.16. The maximum absolute atomic E-state index is 14.2. The van der Waals surface area contributed by atoms with E-state index in [0.717, 1.165) is 0 Å².